The molecule has 3 N–H and O–H groups in total. The normalized spacial score (nSPS) is 13.7. The zero-order valence-electron chi connectivity index (χ0n) is 12.5. The SMILES string of the molecule is CC(C)CC(CNC(=O)C(O)c1ccccc1)CC(=O)O. The van der Waals surface area contributed by atoms with Gasteiger partial charge >= 0.3 is 5.97 Å². The summed E-state index contributed by atoms with van der Waals surface area (Å²) in [6.45, 7) is 4.28. The molecule has 1 amide bonds. The number of aliphatic carboxylic acids is 1. The molecule has 116 valence electrons. The van der Waals surface area contributed by atoms with Crippen LogP contribution in [0.5, 0.6) is 0 Å². The fourth-order valence-corrected chi connectivity index (χ4v) is 2.28. The van der Waals surface area contributed by atoms with Gasteiger partial charge in [-0.3, -0.25) is 9.59 Å². The second-order valence-electron chi connectivity index (χ2n) is 5.65. The van der Waals surface area contributed by atoms with Crippen LogP contribution in [0.3, 0.4) is 0 Å². The van der Waals surface area contributed by atoms with E-state index in [1.54, 1.807) is 30.3 Å². The Morgan fingerprint density at radius 2 is 1.81 bits per heavy atom. The summed E-state index contributed by atoms with van der Waals surface area (Å²) in [5.74, 6) is -1.15. The first kappa shape index (κ1) is 17.2. The van der Waals surface area contributed by atoms with E-state index >= 15 is 0 Å². The van der Waals surface area contributed by atoms with E-state index in [1.165, 1.54) is 0 Å². The van der Waals surface area contributed by atoms with Crippen LogP contribution in [0.25, 0.3) is 0 Å². The monoisotopic (exact) mass is 293 g/mol. The van der Waals surface area contributed by atoms with Crippen molar-refractivity contribution in [1.82, 2.24) is 5.32 Å². The van der Waals surface area contributed by atoms with Gasteiger partial charge in [0.15, 0.2) is 6.10 Å². The minimum Gasteiger partial charge on any atom is -0.481 e. The molecule has 0 heterocycles. The largest absolute Gasteiger partial charge is 0.481 e. The number of carbonyl (C=O) groups is 2. The van der Waals surface area contributed by atoms with Crippen molar-refractivity contribution < 1.29 is 19.8 Å². The molecule has 0 bridgehead atoms. The molecular weight excluding hydrogens is 270 g/mol. The maximum atomic E-state index is 11.9. The van der Waals surface area contributed by atoms with E-state index in [2.05, 4.69) is 5.32 Å². The molecule has 21 heavy (non-hydrogen) atoms. The van der Waals surface area contributed by atoms with Crippen molar-refractivity contribution in [2.75, 3.05) is 6.54 Å². The highest BCUT2D eigenvalue weighted by Crippen LogP contribution is 2.16. The lowest BCUT2D eigenvalue weighted by Gasteiger charge is -2.19. The third-order valence-corrected chi connectivity index (χ3v) is 3.20. The van der Waals surface area contributed by atoms with E-state index < -0.39 is 18.0 Å². The third kappa shape index (κ3) is 6.40. The van der Waals surface area contributed by atoms with Crippen molar-refractivity contribution in [1.29, 1.82) is 0 Å². The summed E-state index contributed by atoms with van der Waals surface area (Å²) in [5.41, 5.74) is 0.522. The minimum absolute atomic E-state index is 0.0138. The first-order chi connectivity index (χ1) is 9.90. The lowest BCUT2D eigenvalue weighted by molar-refractivity contribution is -0.138. The van der Waals surface area contributed by atoms with Gasteiger partial charge in [-0.2, -0.15) is 0 Å². The molecule has 0 aromatic heterocycles. The highest BCUT2D eigenvalue weighted by molar-refractivity contribution is 5.81. The number of amides is 1. The topological polar surface area (TPSA) is 86.6 Å². The zero-order chi connectivity index (χ0) is 15.8. The Balaban J connectivity index is 2.54. The summed E-state index contributed by atoms with van der Waals surface area (Å²) in [7, 11) is 0. The molecule has 5 heteroatoms. The van der Waals surface area contributed by atoms with Crippen LogP contribution < -0.4 is 5.32 Å². The molecule has 0 radical (unpaired) electrons. The van der Waals surface area contributed by atoms with Crippen LogP contribution in [0, 0.1) is 11.8 Å². The lowest BCUT2D eigenvalue weighted by Crippen LogP contribution is -2.34. The van der Waals surface area contributed by atoms with Gasteiger partial charge in [-0.05, 0) is 23.8 Å². The standard InChI is InChI=1S/C16H23NO4/c1-11(2)8-12(9-14(18)19)10-17-16(21)15(20)13-6-4-3-5-7-13/h3-7,11-12,15,20H,8-10H2,1-2H3,(H,17,21)(H,18,19). The lowest BCUT2D eigenvalue weighted by atomic mass is 9.94. The summed E-state index contributed by atoms with van der Waals surface area (Å²) >= 11 is 0. The van der Waals surface area contributed by atoms with Gasteiger partial charge in [-0.25, -0.2) is 0 Å². The summed E-state index contributed by atoms with van der Waals surface area (Å²) < 4.78 is 0. The number of carboxylic acids is 1. The number of rotatable bonds is 8. The highest BCUT2D eigenvalue weighted by atomic mass is 16.4. The predicted molar refractivity (Wildman–Crippen MR) is 79.6 cm³/mol. The summed E-state index contributed by atoms with van der Waals surface area (Å²) in [6, 6.07) is 8.65. The Labute approximate surface area is 125 Å². The van der Waals surface area contributed by atoms with Gasteiger partial charge in [0.05, 0.1) is 0 Å². The van der Waals surface area contributed by atoms with E-state index in [4.69, 9.17) is 5.11 Å². The molecular formula is C16H23NO4. The molecule has 0 spiro atoms. The van der Waals surface area contributed by atoms with E-state index in [1.807, 2.05) is 13.8 Å². The number of hydrogen-bond acceptors (Lipinski definition) is 3. The average Bonchev–Trinajstić information content (AvgIpc) is 2.43. The number of aliphatic hydroxyl groups excluding tert-OH is 1. The van der Waals surface area contributed by atoms with Gasteiger partial charge in [-0.15, -0.1) is 0 Å². The zero-order valence-corrected chi connectivity index (χ0v) is 12.5. The summed E-state index contributed by atoms with van der Waals surface area (Å²) in [6.07, 6.45) is -0.496. The van der Waals surface area contributed by atoms with E-state index in [0.717, 1.165) is 0 Å². The Morgan fingerprint density at radius 3 is 2.33 bits per heavy atom. The molecule has 5 nitrogen and oxygen atoms in total. The second-order valence-corrected chi connectivity index (χ2v) is 5.65. The Bertz CT molecular complexity index is 459. The fourth-order valence-electron chi connectivity index (χ4n) is 2.28. The number of carboxylic acid groups (broad SMARTS) is 1. The molecule has 0 saturated carbocycles. The number of nitrogens with one attached hydrogen (secondary N) is 1. The molecule has 0 fully saturated rings. The third-order valence-electron chi connectivity index (χ3n) is 3.20. The van der Waals surface area contributed by atoms with Crippen LogP contribution in [0.1, 0.15) is 38.4 Å². The molecule has 1 aromatic carbocycles. The maximum absolute atomic E-state index is 11.9. The van der Waals surface area contributed by atoms with Gasteiger partial charge in [0.1, 0.15) is 0 Å². The molecule has 2 unspecified atom stereocenters. The van der Waals surface area contributed by atoms with Crippen molar-refractivity contribution in [3.8, 4) is 0 Å². The number of aliphatic hydroxyl groups is 1. The average molecular weight is 293 g/mol. The number of carbonyl (C=O) groups excluding carboxylic acids is 1. The number of benzene rings is 1. The quantitative estimate of drug-likeness (QED) is 0.684. The molecule has 0 aliphatic heterocycles. The summed E-state index contributed by atoms with van der Waals surface area (Å²) in [5, 5.41) is 21.5. The molecule has 2 atom stereocenters. The van der Waals surface area contributed by atoms with E-state index in [0.29, 0.717) is 17.9 Å². The Kier molecular flexibility index (Phi) is 6.88. The highest BCUT2D eigenvalue weighted by Gasteiger charge is 2.20. The van der Waals surface area contributed by atoms with Crippen LogP contribution in [0.2, 0.25) is 0 Å². The van der Waals surface area contributed by atoms with Gasteiger partial charge in [0.25, 0.3) is 5.91 Å². The molecule has 1 aromatic rings. The van der Waals surface area contributed by atoms with Crippen molar-refractivity contribution >= 4 is 11.9 Å². The number of hydrogen-bond donors (Lipinski definition) is 3. The Hall–Kier alpha value is -1.88. The smallest absolute Gasteiger partial charge is 0.303 e. The van der Waals surface area contributed by atoms with Crippen LogP contribution in [0.15, 0.2) is 30.3 Å². The van der Waals surface area contributed by atoms with Crippen LogP contribution in [0.4, 0.5) is 0 Å². The van der Waals surface area contributed by atoms with Crippen LogP contribution in [-0.2, 0) is 9.59 Å². The van der Waals surface area contributed by atoms with Gasteiger partial charge in [-0.1, -0.05) is 44.2 Å². The van der Waals surface area contributed by atoms with Gasteiger partial charge in [0.2, 0.25) is 0 Å². The first-order valence-corrected chi connectivity index (χ1v) is 7.12. The van der Waals surface area contributed by atoms with Gasteiger partial charge < -0.3 is 15.5 Å². The molecule has 0 saturated heterocycles. The molecule has 1 rings (SSSR count). The van der Waals surface area contributed by atoms with Crippen LogP contribution in [-0.4, -0.2) is 28.6 Å². The van der Waals surface area contributed by atoms with Crippen molar-refractivity contribution in [2.24, 2.45) is 11.8 Å². The van der Waals surface area contributed by atoms with E-state index in [-0.39, 0.29) is 18.9 Å². The predicted octanol–water partition coefficient (Wildman–Crippen LogP) is 1.97. The molecule has 0 aliphatic carbocycles. The van der Waals surface area contributed by atoms with Crippen molar-refractivity contribution in [3.05, 3.63) is 35.9 Å². The maximum Gasteiger partial charge on any atom is 0.303 e. The second kappa shape index (κ2) is 8.42. The fraction of sp³-hybridized carbons (Fsp3) is 0.500. The van der Waals surface area contributed by atoms with Gasteiger partial charge in [0, 0.05) is 13.0 Å². The van der Waals surface area contributed by atoms with Crippen molar-refractivity contribution in [3.63, 3.8) is 0 Å². The van der Waals surface area contributed by atoms with Crippen LogP contribution >= 0.6 is 0 Å². The van der Waals surface area contributed by atoms with Crippen molar-refractivity contribution in [2.45, 2.75) is 32.8 Å². The van der Waals surface area contributed by atoms with E-state index in [9.17, 15) is 14.7 Å². The molecule has 0 aliphatic rings. The minimum atomic E-state index is -1.23. The summed E-state index contributed by atoms with van der Waals surface area (Å²) in [4.78, 5) is 22.7. The Morgan fingerprint density at radius 1 is 1.19 bits per heavy atom. The first-order valence-electron chi connectivity index (χ1n) is 7.12.